The Kier molecular flexibility index (Phi) is 6.91. The van der Waals surface area contributed by atoms with E-state index in [4.69, 9.17) is 4.74 Å². The van der Waals surface area contributed by atoms with Crippen LogP contribution in [0.1, 0.15) is 67.2 Å². The molecule has 1 saturated heterocycles. The highest BCUT2D eigenvalue weighted by atomic mass is 16.5. The number of rotatable bonds is 6. The van der Waals surface area contributed by atoms with Crippen LogP contribution in [-0.2, 0) is 0 Å². The van der Waals surface area contributed by atoms with Crippen LogP contribution in [0, 0.1) is 0 Å². The standard InChI is InChI=1S/C24H30N2O3/c1-4-21-10-5-6-15-26(21)24(28)19-9-7-8-18(16-19)23(27)25-20-11-13-22(14-12-20)29-17(2)3/h7-9,11-14,16-17,21H,4-6,10,15H2,1-3H3,(H,25,27). The van der Waals surface area contributed by atoms with Gasteiger partial charge in [0.2, 0.25) is 0 Å². The number of nitrogens with zero attached hydrogens (tertiary/aromatic N) is 1. The number of ether oxygens (including phenoxy) is 1. The first-order chi connectivity index (χ1) is 14.0. The molecule has 1 heterocycles. The highest BCUT2D eigenvalue weighted by Crippen LogP contribution is 2.23. The Morgan fingerprint density at radius 2 is 1.83 bits per heavy atom. The lowest BCUT2D eigenvalue weighted by Crippen LogP contribution is -2.43. The number of hydrogen-bond donors (Lipinski definition) is 1. The van der Waals surface area contributed by atoms with Gasteiger partial charge >= 0.3 is 0 Å². The molecular formula is C24H30N2O3. The minimum atomic E-state index is -0.233. The largest absolute Gasteiger partial charge is 0.491 e. The van der Waals surface area contributed by atoms with Gasteiger partial charge in [-0.1, -0.05) is 13.0 Å². The number of amides is 2. The summed E-state index contributed by atoms with van der Waals surface area (Å²) in [5.74, 6) is 0.543. The first-order valence-electron chi connectivity index (χ1n) is 10.5. The Bertz CT molecular complexity index is 845. The number of nitrogens with one attached hydrogen (secondary N) is 1. The minimum Gasteiger partial charge on any atom is -0.491 e. The summed E-state index contributed by atoms with van der Waals surface area (Å²) in [5, 5.41) is 2.88. The van der Waals surface area contributed by atoms with E-state index in [0.717, 1.165) is 31.6 Å². The summed E-state index contributed by atoms with van der Waals surface area (Å²) >= 11 is 0. The van der Waals surface area contributed by atoms with Gasteiger partial charge in [0.15, 0.2) is 0 Å². The van der Waals surface area contributed by atoms with Gasteiger partial charge in [0, 0.05) is 29.4 Å². The van der Waals surface area contributed by atoms with E-state index in [9.17, 15) is 9.59 Å². The molecule has 0 aliphatic carbocycles. The van der Waals surface area contributed by atoms with Crippen molar-refractivity contribution in [1.82, 2.24) is 4.90 Å². The summed E-state index contributed by atoms with van der Waals surface area (Å²) in [4.78, 5) is 27.7. The molecule has 0 aromatic heterocycles. The van der Waals surface area contributed by atoms with E-state index in [1.807, 2.05) is 43.0 Å². The maximum atomic E-state index is 13.0. The molecule has 1 fully saturated rings. The molecule has 2 aromatic carbocycles. The van der Waals surface area contributed by atoms with Crippen molar-refractivity contribution in [3.8, 4) is 5.75 Å². The smallest absolute Gasteiger partial charge is 0.255 e. The van der Waals surface area contributed by atoms with E-state index in [1.54, 1.807) is 24.3 Å². The molecule has 5 nitrogen and oxygen atoms in total. The highest BCUT2D eigenvalue weighted by molar-refractivity contribution is 6.06. The fraction of sp³-hybridized carbons (Fsp3) is 0.417. The minimum absolute atomic E-state index is 0.0152. The number of hydrogen-bond acceptors (Lipinski definition) is 3. The lowest BCUT2D eigenvalue weighted by Gasteiger charge is -2.35. The SMILES string of the molecule is CCC1CCCCN1C(=O)c1cccc(C(=O)Nc2ccc(OC(C)C)cc2)c1. The van der Waals surface area contributed by atoms with Gasteiger partial charge in [-0.25, -0.2) is 0 Å². The molecule has 154 valence electrons. The molecule has 5 heteroatoms. The van der Waals surface area contributed by atoms with Crippen LogP contribution in [0.2, 0.25) is 0 Å². The van der Waals surface area contributed by atoms with Crippen molar-refractivity contribution in [1.29, 1.82) is 0 Å². The third kappa shape index (κ3) is 5.37. The van der Waals surface area contributed by atoms with Gasteiger partial charge in [0.25, 0.3) is 11.8 Å². The van der Waals surface area contributed by atoms with Gasteiger partial charge in [0.1, 0.15) is 5.75 Å². The maximum absolute atomic E-state index is 13.0. The maximum Gasteiger partial charge on any atom is 0.255 e. The molecule has 0 spiro atoms. The lowest BCUT2D eigenvalue weighted by molar-refractivity contribution is 0.0608. The number of carbonyl (C=O) groups excluding carboxylic acids is 2. The summed E-state index contributed by atoms with van der Waals surface area (Å²) in [6.45, 7) is 6.85. The third-order valence-corrected chi connectivity index (χ3v) is 5.21. The fourth-order valence-corrected chi connectivity index (χ4v) is 3.74. The van der Waals surface area contributed by atoms with Crippen molar-refractivity contribution >= 4 is 17.5 Å². The van der Waals surface area contributed by atoms with Gasteiger partial charge in [0.05, 0.1) is 6.10 Å². The van der Waals surface area contributed by atoms with E-state index in [-0.39, 0.29) is 17.9 Å². The van der Waals surface area contributed by atoms with Crippen LogP contribution in [0.25, 0.3) is 0 Å². The highest BCUT2D eigenvalue weighted by Gasteiger charge is 2.26. The molecule has 0 saturated carbocycles. The predicted molar refractivity (Wildman–Crippen MR) is 116 cm³/mol. The Balaban J connectivity index is 1.70. The van der Waals surface area contributed by atoms with E-state index < -0.39 is 0 Å². The molecule has 1 aliphatic rings. The zero-order valence-electron chi connectivity index (χ0n) is 17.5. The second-order valence-electron chi connectivity index (χ2n) is 7.78. The first-order valence-corrected chi connectivity index (χ1v) is 10.5. The van der Waals surface area contributed by atoms with Crippen LogP contribution in [0.5, 0.6) is 5.75 Å². The molecule has 0 bridgehead atoms. The second-order valence-corrected chi connectivity index (χ2v) is 7.78. The molecule has 0 radical (unpaired) electrons. The van der Waals surface area contributed by atoms with Crippen LogP contribution in [0.3, 0.4) is 0 Å². The van der Waals surface area contributed by atoms with Gasteiger partial charge in [-0.15, -0.1) is 0 Å². The monoisotopic (exact) mass is 394 g/mol. The Hall–Kier alpha value is -2.82. The van der Waals surface area contributed by atoms with Crippen molar-refractivity contribution in [2.75, 3.05) is 11.9 Å². The molecule has 1 N–H and O–H groups in total. The number of piperidine rings is 1. The molecular weight excluding hydrogens is 364 g/mol. The van der Waals surface area contributed by atoms with E-state index in [1.165, 1.54) is 6.42 Å². The average Bonchev–Trinajstić information content (AvgIpc) is 2.74. The van der Waals surface area contributed by atoms with Crippen molar-refractivity contribution in [2.24, 2.45) is 0 Å². The summed E-state index contributed by atoms with van der Waals surface area (Å²) in [6.07, 6.45) is 4.33. The topological polar surface area (TPSA) is 58.6 Å². The van der Waals surface area contributed by atoms with Crippen molar-refractivity contribution in [2.45, 2.75) is 58.6 Å². The van der Waals surface area contributed by atoms with Gasteiger partial charge in [-0.2, -0.15) is 0 Å². The number of anilines is 1. The van der Waals surface area contributed by atoms with Crippen LogP contribution in [-0.4, -0.2) is 35.4 Å². The predicted octanol–water partition coefficient (Wildman–Crippen LogP) is 5.13. The molecule has 2 aromatic rings. The molecule has 1 atom stereocenters. The van der Waals surface area contributed by atoms with Gasteiger partial charge in [-0.05, 0) is 82.0 Å². The first kappa shape index (κ1) is 20.9. The van der Waals surface area contributed by atoms with Gasteiger partial charge < -0.3 is 15.0 Å². The molecule has 3 rings (SSSR count). The lowest BCUT2D eigenvalue weighted by atomic mass is 9.98. The molecule has 1 aliphatic heterocycles. The third-order valence-electron chi connectivity index (χ3n) is 5.21. The fourth-order valence-electron chi connectivity index (χ4n) is 3.74. The zero-order chi connectivity index (χ0) is 20.8. The van der Waals surface area contributed by atoms with Crippen LogP contribution < -0.4 is 10.1 Å². The summed E-state index contributed by atoms with van der Waals surface area (Å²) in [6, 6.07) is 14.6. The molecule has 29 heavy (non-hydrogen) atoms. The number of carbonyl (C=O) groups is 2. The zero-order valence-corrected chi connectivity index (χ0v) is 17.5. The van der Waals surface area contributed by atoms with Crippen molar-refractivity contribution < 1.29 is 14.3 Å². The molecule has 2 amide bonds. The van der Waals surface area contributed by atoms with E-state index in [0.29, 0.717) is 22.9 Å². The van der Waals surface area contributed by atoms with Crippen molar-refractivity contribution in [3.05, 3.63) is 59.7 Å². The number of benzene rings is 2. The Morgan fingerprint density at radius 1 is 1.10 bits per heavy atom. The van der Waals surface area contributed by atoms with Crippen LogP contribution >= 0.6 is 0 Å². The van der Waals surface area contributed by atoms with E-state index in [2.05, 4.69) is 12.2 Å². The van der Waals surface area contributed by atoms with Crippen LogP contribution in [0.15, 0.2) is 48.5 Å². The second kappa shape index (κ2) is 9.59. The van der Waals surface area contributed by atoms with Crippen LogP contribution in [0.4, 0.5) is 5.69 Å². The van der Waals surface area contributed by atoms with Crippen molar-refractivity contribution in [3.63, 3.8) is 0 Å². The summed E-state index contributed by atoms with van der Waals surface area (Å²) in [7, 11) is 0. The summed E-state index contributed by atoms with van der Waals surface area (Å²) in [5.41, 5.74) is 1.73. The normalized spacial score (nSPS) is 16.6. The van der Waals surface area contributed by atoms with Gasteiger partial charge in [-0.3, -0.25) is 9.59 Å². The number of likely N-dealkylation sites (tertiary alicyclic amines) is 1. The Morgan fingerprint density at radius 3 is 2.52 bits per heavy atom. The Labute approximate surface area is 173 Å². The average molecular weight is 395 g/mol. The summed E-state index contributed by atoms with van der Waals surface area (Å²) < 4.78 is 5.62. The van der Waals surface area contributed by atoms with E-state index >= 15 is 0 Å². The molecule has 1 unspecified atom stereocenters. The quantitative estimate of drug-likeness (QED) is 0.739.